The molecule has 0 spiro atoms. The number of pyridine rings is 1. The maximum Gasteiger partial charge on any atom is 0.267 e. The van der Waals surface area contributed by atoms with Gasteiger partial charge in [-0.25, -0.2) is 11.7 Å². The lowest BCUT2D eigenvalue weighted by atomic mass is 10.0. The summed E-state index contributed by atoms with van der Waals surface area (Å²) < 4.78 is 0. The number of aromatic nitrogens is 1. The van der Waals surface area contributed by atoms with E-state index in [-0.39, 0.29) is 11.1 Å². The molecule has 2 aromatic rings. The highest BCUT2D eigenvalue weighted by atomic mass is 16.2. The van der Waals surface area contributed by atoms with Crippen LogP contribution in [0.25, 0.3) is 11.3 Å². The van der Waals surface area contributed by atoms with E-state index in [9.17, 15) is 9.59 Å². The van der Waals surface area contributed by atoms with Crippen LogP contribution in [-0.2, 0) is 0 Å². The molecule has 2 rings (SSSR count). The molecule has 0 aliphatic carbocycles. The van der Waals surface area contributed by atoms with Crippen molar-refractivity contribution in [3.05, 3.63) is 52.7 Å². The zero-order chi connectivity index (χ0) is 16.3. The molecule has 0 bridgehead atoms. The molecule has 2 amide bonds. The maximum atomic E-state index is 12.0. The summed E-state index contributed by atoms with van der Waals surface area (Å²) in [6.07, 6.45) is 0. The van der Waals surface area contributed by atoms with Gasteiger partial charge in [-0.3, -0.25) is 25.4 Å². The fourth-order valence-corrected chi connectivity index (χ4v) is 2.16. The number of rotatable bonds is 3. The van der Waals surface area contributed by atoms with Crippen molar-refractivity contribution in [2.75, 3.05) is 0 Å². The fraction of sp³-hybridized carbons (Fsp3) is 0.133. The van der Waals surface area contributed by atoms with Gasteiger partial charge in [-0.15, -0.1) is 0 Å². The molecule has 0 saturated carbocycles. The first-order valence-electron chi connectivity index (χ1n) is 6.58. The van der Waals surface area contributed by atoms with E-state index < -0.39 is 11.8 Å². The first kappa shape index (κ1) is 15.6. The van der Waals surface area contributed by atoms with Crippen LogP contribution in [-0.4, -0.2) is 16.8 Å². The Kier molecular flexibility index (Phi) is 4.50. The van der Waals surface area contributed by atoms with Crippen molar-refractivity contribution in [2.45, 2.75) is 13.8 Å². The number of nitrogens with two attached hydrogens (primary N) is 2. The van der Waals surface area contributed by atoms with Crippen molar-refractivity contribution in [3.63, 3.8) is 0 Å². The highest BCUT2D eigenvalue weighted by Gasteiger charge is 2.21. The summed E-state index contributed by atoms with van der Waals surface area (Å²) >= 11 is 0. The Labute approximate surface area is 127 Å². The Balaban J connectivity index is 2.64. The predicted molar refractivity (Wildman–Crippen MR) is 82.5 cm³/mol. The predicted octanol–water partition coefficient (Wildman–Crippen LogP) is 0.572. The van der Waals surface area contributed by atoms with Crippen molar-refractivity contribution < 1.29 is 9.59 Å². The minimum atomic E-state index is -0.598. The summed E-state index contributed by atoms with van der Waals surface area (Å²) in [7, 11) is 0. The van der Waals surface area contributed by atoms with E-state index >= 15 is 0 Å². The molecule has 0 aliphatic rings. The first-order valence-corrected chi connectivity index (χ1v) is 6.58. The Morgan fingerprint density at radius 3 is 2.14 bits per heavy atom. The number of nitrogens with zero attached hydrogens (tertiary/aromatic N) is 1. The van der Waals surface area contributed by atoms with Crippen LogP contribution in [0, 0.1) is 13.8 Å². The second-order valence-corrected chi connectivity index (χ2v) is 4.83. The van der Waals surface area contributed by atoms with Crippen molar-refractivity contribution in [1.29, 1.82) is 0 Å². The lowest BCUT2D eigenvalue weighted by Crippen LogP contribution is -2.36. The molecule has 6 N–H and O–H groups in total. The van der Waals surface area contributed by atoms with Crippen molar-refractivity contribution in [3.8, 4) is 11.3 Å². The molecule has 0 fully saturated rings. The summed E-state index contributed by atoms with van der Waals surface area (Å²) in [5.74, 6) is 9.17. The molecule has 0 saturated heterocycles. The fourth-order valence-electron chi connectivity index (χ4n) is 2.16. The van der Waals surface area contributed by atoms with Gasteiger partial charge in [-0.2, -0.15) is 0 Å². The maximum absolute atomic E-state index is 12.0. The Hall–Kier alpha value is -2.77. The van der Waals surface area contributed by atoms with E-state index in [4.69, 9.17) is 11.7 Å². The highest BCUT2D eigenvalue weighted by Crippen LogP contribution is 2.23. The number of hydrogen-bond acceptors (Lipinski definition) is 5. The number of hydrogen-bond donors (Lipinski definition) is 4. The Morgan fingerprint density at radius 2 is 1.59 bits per heavy atom. The molecular formula is C15H17N5O2. The molecule has 0 unspecified atom stereocenters. The number of aryl methyl sites for hydroxylation is 2. The lowest BCUT2D eigenvalue weighted by Gasteiger charge is -2.12. The number of nitrogen functional groups attached to an aromatic ring is 2. The van der Waals surface area contributed by atoms with Gasteiger partial charge in [-0.05, 0) is 19.9 Å². The first-order chi connectivity index (χ1) is 10.5. The van der Waals surface area contributed by atoms with Gasteiger partial charge in [0.05, 0.1) is 22.5 Å². The van der Waals surface area contributed by atoms with Crippen LogP contribution < -0.4 is 22.5 Å². The van der Waals surface area contributed by atoms with E-state index in [1.54, 1.807) is 6.92 Å². The van der Waals surface area contributed by atoms with E-state index in [1.807, 2.05) is 42.0 Å². The molecule has 0 radical (unpaired) electrons. The van der Waals surface area contributed by atoms with E-state index in [0.717, 1.165) is 11.1 Å². The molecule has 7 heteroatoms. The average Bonchev–Trinajstić information content (AvgIpc) is 2.53. The van der Waals surface area contributed by atoms with Gasteiger partial charge in [0.25, 0.3) is 11.8 Å². The van der Waals surface area contributed by atoms with E-state index in [2.05, 4.69) is 4.98 Å². The van der Waals surface area contributed by atoms with Gasteiger partial charge in [0.15, 0.2) is 0 Å². The molecule has 7 nitrogen and oxygen atoms in total. The molecule has 22 heavy (non-hydrogen) atoms. The summed E-state index contributed by atoms with van der Waals surface area (Å²) in [5, 5.41) is 0. The van der Waals surface area contributed by atoms with Crippen molar-refractivity contribution in [2.24, 2.45) is 11.7 Å². The van der Waals surface area contributed by atoms with Gasteiger partial charge < -0.3 is 0 Å². The van der Waals surface area contributed by atoms with Crippen LogP contribution in [0.3, 0.4) is 0 Å². The van der Waals surface area contributed by atoms with Gasteiger partial charge in [0.2, 0.25) is 0 Å². The quantitative estimate of drug-likeness (QED) is 0.375. The molecule has 1 aromatic carbocycles. The van der Waals surface area contributed by atoms with Gasteiger partial charge in [-0.1, -0.05) is 29.8 Å². The summed E-state index contributed by atoms with van der Waals surface area (Å²) in [6, 6.07) is 9.18. The molecule has 1 heterocycles. The summed E-state index contributed by atoms with van der Waals surface area (Å²) in [6.45, 7) is 3.61. The van der Waals surface area contributed by atoms with Crippen LogP contribution >= 0.6 is 0 Å². The smallest absolute Gasteiger partial charge is 0.267 e. The normalized spacial score (nSPS) is 10.2. The van der Waals surface area contributed by atoms with E-state index in [1.165, 1.54) is 6.07 Å². The van der Waals surface area contributed by atoms with Crippen molar-refractivity contribution >= 4 is 11.8 Å². The van der Waals surface area contributed by atoms with Gasteiger partial charge in [0, 0.05) is 5.56 Å². The number of carbonyl (C=O) groups excluding carboxylic acids is 2. The number of carbonyl (C=O) groups is 2. The molecule has 114 valence electrons. The molecular weight excluding hydrogens is 282 g/mol. The summed E-state index contributed by atoms with van der Waals surface area (Å²) in [4.78, 5) is 28.2. The van der Waals surface area contributed by atoms with Gasteiger partial charge in [0.1, 0.15) is 0 Å². The third-order valence-corrected chi connectivity index (χ3v) is 3.28. The summed E-state index contributed by atoms with van der Waals surface area (Å²) in [5.41, 5.74) is 7.16. The van der Waals surface area contributed by atoms with Crippen LogP contribution in [0.5, 0.6) is 0 Å². The Morgan fingerprint density at radius 1 is 1.00 bits per heavy atom. The van der Waals surface area contributed by atoms with Crippen LogP contribution in [0.4, 0.5) is 0 Å². The van der Waals surface area contributed by atoms with Crippen LogP contribution in [0.1, 0.15) is 32.0 Å². The topological polar surface area (TPSA) is 123 Å². The standard InChI is InChI=1S/C15H17N5O2/c1-8-3-5-10(6-4-8)12-7-11(14(21)19-16)13(9(2)18-12)15(22)20-17/h3-7H,16-17H2,1-2H3,(H,19,21)(H,20,22). The second-order valence-electron chi connectivity index (χ2n) is 4.83. The molecule has 0 atom stereocenters. The number of benzene rings is 1. The zero-order valence-corrected chi connectivity index (χ0v) is 12.3. The van der Waals surface area contributed by atoms with E-state index in [0.29, 0.717) is 11.4 Å². The third-order valence-electron chi connectivity index (χ3n) is 3.28. The minimum Gasteiger partial charge on any atom is -0.290 e. The highest BCUT2D eigenvalue weighted by molar-refractivity contribution is 6.08. The minimum absolute atomic E-state index is 0.0984. The van der Waals surface area contributed by atoms with Crippen LogP contribution in [0.15, 0.2) is 30.3 Å². The second kappa shape index (κ2) is 6.33. The third kappa shape index (κ3) is 2.95. The molecule has 1 aromatic heterocycles. The lowest BCUT2D eigenvalue weighted by molar-refractivity contribution is 0.0918. The van der Waals surface area contributed by atoms with Gasteiger partial charge >= 0.3 is 0 Å². The number of hydrazine groups is 2. The SMILES string of the molecule is Cc1ccc(-c2cc(C(=O)NN)c(C(=O)NN)c(C)n2)cc1. The largest absolute Gasteiger partial charge is 0.290 e. The zero-order valence-electron chi connectivity index (χ0n) is 12.3. The number of nitrogens with one attached hydrogen (secondary N) is 2. The Bertz CT molecular complexity index is 725. The van der Waals surface area contributed by atoms with Crippen LogP contribution in [0.2, 0.25) is 0 Å². The number of amides is 2. The monoisotopic (exact) mass is 299 g/mol. The van der Waals surface area contributed by atoms with Crippen molar-refractivity contribution in [1.82, 2.24) is 15.8 Å². The average molecular weight is 299 g/mol. The molecule has 0 aliphatic heterocycles.